The lowest BCUT2D eigenvalue weighted by Crippen LogP contribution is -2.55. The maximum atomic E-state index is 13.1. The molecule has 4 rings (SSSR count). The zero-order valence-corrected chi connectivity index (χ0v) is 22.0. The van der Waals surface area contributed by atoms with Crippen LogP contribution in [0.15, 0.2) is 22.4 Å². The van der Waals surface area contributed by atoms with Gasteiger partial charge in [-0.05, 0) is 43.9 Å². The molecule has 0 bridgehead atoms. The Bertz CT molecular complexity index is 1340. The van der Waals surface area contributed by atoms with Crippen LogP contribution in [0.3, 0.4) is 0 Å². The molecule has 2 fully saturated rings. The van der Waals surface area contributed by atoms with Crippen molar-refractivity contribution < 1.29 is 36.0 Å². The van der Waals surface area contributed by atoms with E-state index in [9.17, 15) is 36.0 Å². The zero-order valence-electron chi connectivity index (χ0n) is 20.4. The molecule has 4 heterocycles. The third-order valence-electron chi connectivity index (χ3n) is 6.60. The summed E-state index contributed by atoms with van der Waals surface area (Å²) in [5, 5.41) is 3.83. The fraction of sp³-hybridized carbons (Fsp3) is 0.545. The van der Waals surface area contributed by atoms with Crippen molar-refractivity contribution in [1.82, 2.24) is 24.3 Å². The average molecular weight is 577 g/mol. The minimum Gasteiger partial charge on any atom is -0.369 e. The van der Waals surface area contributed by atoms with Crippen LogP contribution >= 0.6 is 11.3 Å². The van der Waals surface area contributed by atoms with Crippen molar-refractivity contribution in [3.8, 4) is 10.6 Å². The molecule has 2 atom stereocenters. The summed E-state index contributed by atoms with van der Waals surface area (Å²) in [7, 11) is -3.04. The lowest BCUT2D eigenvalue weighted by molar-refractivity contribution is -0.144. The molecular weight excluding hydrogens is 549 g/mol. The third kappa shape index (κ3) is 6.02. The van der Waals surface area contributed by atoms with Gasteiger partial charge in [0.1, 0.15) is 21.6 Å². The number of hydrogen-bond acceptors (Lipinski definition) is 7. The number of primary amides is 1. The molecule has 2 aliphatic heterocycles. The number of piperidine rings is 2. The summed E-state index contributed by atoms with van der Waals surface area (Å²) in [6, 6.07) is 2.33. The molecule has 16 heteroatoms. The van der Waals surface area contributed by atoms with Gasteiger partial charge in [0, 0.05) is 26.7 Å². The predicted octanol–water partition coefficient (Wildman–Crippen LogP) is 1.16. The van der Waals surface area contributed by atoms with E-state index in [-0.39, 0.29) is 46.7 Å². The topological polar surface area (TPSA) is 148 Å². The molecule has 3 N–H and O–H groups in total. The van der Waals surface area contributed by atoms with Crippen LogP contribution in [-0.4, -0.2) is 77.9 Å². The van der Waals surface area contributed by atoms with Crippen LogP contribution in [0, 0.1) is 5.92 Å². The van der Waals surface area contributed by atoms with Gasteiger partial charge in [-0.2, -0.15) is 23.0 Å². The molecule has 0 saturated carbocycles. The number of aromatic nitrogens is 2. The van der Waals surface area contributed by atoms with E-state index < -0.39 is 45.7 Å². The normalized spacial score (nSPS) is 21.1. The summed E-state index contributed by atoms with van der Waals surface area (Å²) in [5.74, 6) is -1.81. The lowest BCUT2D eigenvalue weighted by Gasteiger charge is -2.35. The molecule has 2 aromatic rings. The number of likely N-dealkylation sites (tertiary alicyclic amines) is 2. The van der Waals surface area contributed by atoms with Crippen LogP contribution < -0.4 is 10.5 Å². The SMILES string of the molecule is Cn1nc(-c2ccc(S(=O)(=O)N[C@H]3CCCN(CC(=O)N4CCCC(C(N)=O)C4)C3=O)s2)cc1C(F)(F)F. The summed E-state index contributed by atoms with van der Waals surface area (Å²) >= 11 is 0.731. The smallest absolute Gasteiger partial charge is 0.369 e. The largest absolute Gasteiger partial charge is 0.433 e. The number of carbonyl (C=O) groups excluding carboxylic acids is 3. The Labute approximate surface area is 220 Å². The highest BCUT2D eigenvalue weighted by Crippen LogP contribution is 2.35. The van der Waals surface area contributed by atoms with Crippen LogP contribution in [0.2, 0.25) is 0 Å². The first-order valence-electron chi connectivity index (χ1n) is 11.9. The quantitative estimate of drug-likeness (QED) is 0.506. The second-order valence-electron chi connectivity index (χ2n) is 9.31. The number of alkyl halides is 3. The molecule has 3 amide bonds. The summed E-state index contributed by atoms with van der Waals surface area (Å²) in [6.45, 7) is 0.670. The van der Waals surface area contributed by atoms with Crippen molar-refractivity contribution in [3.63, 3.8) is 0 Å². The molecule has 11 nitrogen and oxygen atoms in total. The molecule has 208 valence electrons. The van der Waals surface area contributed by atoms with Crippen molar-refractivity contribution in [2.45, 2.75) is 42.1 Å². The van der Waals surface area contributed by atoms with Gasteiger partial charge in [0.25, 0.3) is 10.0 Å². The Morgan fingerprint density at radius 2 is 1.92 bits per heavy atom. The highest BCUT2D eigenvalue weighted by Gasteiger charge is 2.37. The molecule has 0 aromatic carbocycles. The number of nitrogens with two attached hydrogens (primary N) is 1. The maximum absolute atomic E-state index is 13.1. The lowest BCUT2D eigenvalue weighted by atomic mass is 9.97. The number of carbonyl (C=O) groups is 3. The zero-order chi connectivity index (χ0) is 27.8. The molecular formula is C22H27F3N6O5S2. The molecule has 2 saturated heterocycles. The first-order valence-corrected chi connectivity index (χ1v) is 14.2. The molecule has 38 heavy (non-hydrogen) atoms. The minimum atomic E-state index is -4.61. The molecule has 1 unspecified atom stereocenters. The van der Waals surface area contributed by atoms with Gasteiger partial charge in [0.2, 0.25) is 17.7 Å². The van der Waals surface area contributed by atoms with Crippen molar-refractivity contribution in [1.29, 1.82) is 0 Å². The number of nitrogens with one attached hydrogen (secondary N) is 1. The van der Waals surface area contributed by atoms with E-state index in [1.165, 1.54) is 21.9 Å². The number of aryl methyl sites for hydroxylation is 1. The molecule has 0 aliphatic carbocycles. The number of nitrogens with zero attached hydrogens (tertiary/aromatic N) is 4. The molecule has 0 radical (unpaired) electrons. The van der Waals surface area contributed by atoms with Crippen LogP contribution in [0.5, 0.6) is 0 Å². The number of thiophene rings is 1. The fourth-order valence-electron chi connectivity index (χ4n) is 4.61. The number of rotatable bonds is 7. The Balaban J connectivity index is 1.42. The molecule has 2 aromatic heterocycles. The van der Waals surface area contributed by atoms with E-state index in [2.05, 4.69) is 9.82 Å². The van der Waals surface area contributed by atoms with E-state index in [1.807, 2.05) is 0 Å². The number of sulfonamides is 1. The van der Waals surface area contributed by atoms with E-state index in [1.54, 1.807) is 0 Å². The second-order valence-corrected chi connectivity index (χ2v) is 12.3. The van der Waals surface area contributed by atoms with E-state index >= 15 is 0 Å². The first-order chi connectivity index (χ1) is 17.8. The fourth-order valence-corrected chi connectivity index (χ4v) is 7.11. The third-order valence-corrected chi connectivity index (χ3v) is 9.67. The Morgan fingerprint density at radius 1 is 1.21 bits per heavy atom. The van der Waals surface area contributed by atoms with E-state index in [0.29, 0.717) is 30.5 Å². The summed E-state index contributed by atoms with van der Waals surface area (Å²) in [4.78, 5) is 40.3. The summed E-state index contributed by atoms with van der Waals surface area (Å²) in [6.07, 6.45) is -2.71. The Kier molecular flexibility index (Phi) is 7.86. The van der Waals surface area contributed by atoms with Gasteiger partial charge in [-0.3, -0.25) is 19.1 Å². The van der Waals surface area contributed by atoms with Gasteiger partial charge in [-0.15, -0.1) is 11.3 Å². The van der Waals surface area contributed by atoms with Gasteiger partial charge < -0.3 is 15.5 Å². The van der Waals surface area contributed by atoms with E-state index in [4.69, 9.17) is 5.73 Å². The van der Waals surface area contributed by atoms with Gasteiger partial charge in [0.15, 0.2) is 0 Å². The van der Waals surface area contributed by atoms with Crippen molar-refractivity contribution >= 4 is 39.1 Å². The summed E-state index contributed by atoms with van der Waals surface area (Å²) < 4.78 is 68.2. The predicted molar refractivity (Wildman–Crippen MR) is 130 cm³/mol. The van der Waals surface area contributed by atoms with Crippen LogP contribution in [0.25, 0.3) is 10.6 Å². The van der Waals surface area contributed by atoms with Gasteiger partial charge in [-0.25, -0.2) is 8.42 Å². The standard InChI is InChI=1S/C22H27F3N6O5S2/c1-29-17(22(23,24)25)10-15(27-29)16-6-7-19(37-16)38(35,36)28-14-5-3-9-31(21(14)34)12-18(32)30-8-2-4-13(11-30)20(26)33/h6-7,10,13-14,28H,2-5,8-9,11-12H2,1H3,(H2,26,33)/t13?,14-/m0/s1. The number of halogens is 3. The first kappa shape index (κ1) is 28.0. The molecule has 2 aliphatic rings. The van der Waals surface area contributed by atoms with Gasteiger partial charge in [-0.1, -0.05) is 0 Å². The Morgan fingerprint density at radius 3 is 2.58 bits per heavy atom. The van der Waals surface area contributed by atoms with Crippen LogP contribution in [-0.2, 0) is 37.6 Å². The monoisotopic (exact) mass is 576 g/mol. The van der Waals surface area contributed by atoms with Crippen molar-refractivity contribution in [3.05, 3.63) is 23.9 Å². The highest BCUT2D eigenvalue weighted by atomic mass is 32.2. The number of amides is 3. The molecule has 0 spiro atoms. The average Bonchev–Trinajstić information content (AvgIpc) is 3.49. The van der Waals surface area contributed by atoms with Crippen LogP contribution in [0.4, 0.5) is 13.2 Å². The van der Waals surface area contributed by atoms with Gasteiger partial charge >= 0.3 is 6.18 Å². The minimum absolute atomic E-state index is 0.0269. The highest BCUT2D eigenvalue weighted by molar-refractivity contribution is 7.91. The second kappa shape index (κ2) is 10.6. The van der Waals surface area contributed by atoms with E-state index in [0.717, 1.165) is 24.5 Å². The van der Waals surface area contributed by atoms with Crippen LogP contribution in [0.1, 0.15) is 31.4 Å². The van der Waals surface area contributed by atoms with Crippen molar-refractivity contribution in [2.24, 2.45) is 18.7 Å². The van der Waals surface area contributed by atoms with Gasteiger partial charge in [0.05, 0.1) is 17.3 Å². The summed E-state index contributed by atoms with van der Waals surface area (Å²) in [5.41, 5.74) is 4.37. The Hall–Kier alpha value is -2.98. The number of hydrogen-bond donors (Lipinski definition) is 2. The van der Waals surface area contributed by atoms with Crippen molar-refractivity contribution in [2.75, 3.05) is 26.2 Å². The maximum Gasteiger partial charge on any atom is 0.433 e.